The van der Waals surface area contributed by atoms with Gasteiger partial charge < -0.3 is 9.64 Å². The van der Waals surface area contributed by atoms with E-state index in [0.717, 1.165) is 49.7 Å². The van der Waals surface area contributed by atoms with E-state index < -0.39 is 0 Å². The maximum Gasteiger partial charge on any atom is 0.257 e. The number of hydrogen-bond acceptors (Lipinski definition) is 5. The maximum absolute atomic E-state index is 13.8. The Morgan fingerprint density at radius 3 is 2.45 bits per heavy atom. The highest BCUT2D eigenvalue weighted by molar-refractivity contribution is 6.03. The van der Waals surface area contributed by atoms with Gasteiger partial charge in [0.1, 0.15) is 11.6 Å². The molecule has 1 atom stereocenters. The number of rotatable bonds is 6. The lowest BCUT2D eigenvalue weighted by molar-refractivity contribution is -0.134. The summed E-state index contributed by atoms with van der Waals surface area (Å²) in [5, 5.41) is 6.25. The molecule has 0 unspecified atom stereocenters. The molecule has 1 fully saturated rings. The van der Waals surface area contributed by atoms with Gasteiger partial charge in [-0.2, -0.15) is 5.10 Å². The fourth-order valence-electron chi connectivity index (χ4n) is 4.20. The molecule has 0 spiro atoms. The van der Waals surface area contributed by atoms with Crippen LogP contribution in [0.4, 0.5) is 4.39 Å². The number of carbonyl (C=O) groups excluding carboxylic acids is 1. The lowest BCUT2D eigenvalue weighted by Gasteiger charge is -2.34. The topological polar surface area (TPSA) is 48.4 Å². The van der Waals surface area contributed by atoms with Crippen molar-refractivity contribution in [3.05, 3.63) is 65.5 Å². The van der Waals surface area contributed by atoms with Crippen LogP contribution in [0.15, 0.2) is 53.6 Å². The highest BCUT2D eigenvalue weighted by Gasteiger charge is 2.34. The predicted octanol–water partition coefficient (Wildman–Crippen LogP) is 3.15. The normalized spacial score (nSPS) is 20.0. The van der Waals surface area contributed by atoms with Crippen LogP contribution < -0.4 is 4.74 Å². The van der Waals surface area contributed by atoms with Gasteiger partial charge in [0.2, 0.25) is 0 Å². The Hall–Kier alpha value is -2.77. The van der Waals surface area contributed by atoms with Crippen molar-refractivity contribution < 1.29 is 13.9 Å². The first-order valence-electron chi connectivity index (χ1n) is 10.8. The third kappa shape index (κ3) is 4.94. The molecule has 1 saturated heterocycles. The summed E-state index contributed by atoms with van der Waals surface area (Å²) in [6.45, 7) is 7.24. The van der Waals surface area contributed by atoms with E-state index in [2.05, 4.69) is 21.8 Å². The van der Waals surface area contributed by atoms with Crippen molar-refractivity contribution >= 4 is 11.6 Å². The van der Waals surface area contributed by atoms with E-state index in [9.17, 15) is 9.18 Å². The fraction of sp³-hybridized carbons (Fsp3) is 0.417. The third-order valence-electron chi connectivity index (χ3n) is 6.10. The number of amides is 1. The Morgan fingerprint density at radius 1 is 1.10 bits per heavy atom. The van der Waals surface area contributed by atoms with Crippen molar-refractivity contribution in [2.45, 2.75) is 19.4 Å². The monoisotopic (exact) mass is 424 g/mol. The largest absolute Gasteiger partial charge is 0.497 e. The van der Waals surface area contributed by atoms with E-state index in [0.29, 0.717) is 18.5 Å². The van der Waals surface area contributed by atoms with Crippen molar-refractivity contribution in [2.24, 2.45) is 5.10 Å². The number of piperazine rings is 1. The van der Waals surface area contributed by atoms with Gasteiger partial charge in [0.15, 0.2) is 0 Å². The number of halogens is 1. The van der Waals surface area contributed by atoms with Gasteiger partial charge in [-0.05, 0) is 36.4 Å². The molecule has 164 valence electrons. The molecule has 6 nitrogen and oxygen atoms in total. The van der Waals surface area contributed by atoms with Crippen LogP contribution in [-0.4, -0.2) is 72.8 Å². The zero-order valence-electron chi connectivity index (χ0n) is 18.1. The Kier molecular flexibility index (Phi) is 6.63. The summed E-state index contributed by atoms with van der Waals surface area (Å²) >= 11 is 0. The summed E-state index contributed by atoms with van der Waals surface area (Å²) in [7, 11) is 1.63. The molecule has 0 radical (unpaired) electrons. The number of hydrazone groups is 1. The highest BCUT2D eigenvalue weighted by atomic mass is 19.1. The third-order valence-corrected chi connectivity index (χ3v) is 6.10. The Labute approximate surface area is 182 Å². The van der Waals surface area contributed by atoms with Gasteiger partial charge in [-0.15, -0.1) is 0 Å². The number of hydrogen-bond donors (Lipinski definition) is 0. The summed E-state index contributed by atoms with van der Waals surface area (Å²) in [4.78, 5) is 17.9. The Bertz CT molecular complexity index is 939. The summed E-state index contributed by atoms with van der Waals surface area (Å²) in [5.74, 6) is 0.427. The second kappa shape index (κ2) is 9.58. The number of ether oxygens (including phenoxy) is 1. The van der Waals surface area contributed by atoms with E-state index in [-0.39, 0.29) is 17.8 Å². The molecule has 7 heteroatoms. The summed E-state index contributed by atoms with van der Waals surface area (Å²) in [6.07, 6.45) is 0.547. The zero-order valence-corrected chi connectivity index (χ0v) is 18.1. The van der Waals surface area contributed by atoms with E-state index in [4.69, 9.17) is 4.74 Å². The summed E-state index contributed by atoms with van der Waals surface area (Å²) in [5.41, 5.74) is 2.43. The van der Waals surface area contributed by atoms with Crippen molar-refractivity contribution in [2.75, 3.05) is 46.4 Å². The van der Waals surface area contributed by atoms with Crippen LogP contribution in [0.2, 0.25) is 0 Å². The molecule has 0 N–H and O–H groups in total. The number of likely N-dealkylation sites (N-methyl/N-ethyl adjacent to an activating group) is 1. The molecule has 0 bridgehead atoms. The van der Waals surface area contributed by atoms with Gasteiger partial charge in [0, 0.05) is 38.2 Å². The van der Waals surface area contributed by atoms with Crippen molar-refractivity contribution in [1.29, 1.82) is 0 Å². The molecule has 2 aliphatic heterocycles. The molecule has 31 heavy (non-hydrogen) atoms. The lowest BCUT2D eigenvalue weighted by Crippen LogP contribution is -2.49. The highest BCUT2D eigenvalue weighted by Crippen LogP contribution is 2.34. The molecule has 2 aromatic rings. The van der Waals surface area contributed by atoms with Gasteiger partial charge in [-0.25, -0.2) is 9.40 Å². The number of methoxy groups -OCH3 is 1. The van der Waals surface area contributed by atoms with Crippen molar-refractivity contribution in [3.8, 4) is 5.75 Å². The van der Waals surface area contributed by atoms with Crippen LogP contribution in [0.1, 0.15) is 30.5 Å². The van der Waals surface area contributed by atoms with Gasteiger partial charge in [0.05, 0.1) is 25.4 Å². The van der Waals surface area contributed by atoms with Gasteiger partial charge >= 0.3 is 0 Å². The molecule has 0 aliphatic carbocycles. The van der Waals surface area contributed by atoms with Crippen LogP contribution in [0.5, 0.6) is 5.75 Å². The van der Waals surface area contributed by atoms with Crippen LogP contribution in [-0.2, 0) is 4.79 Å². The molecular formula is C24H29FN4O2. The predicted molar refractivity (Wildman–Crippen MR) is 119 cm³/mol. The maximum atomic E-state index is 13.8. The molecule has 0 aromatic heterocycles. The minimum atomic E-state index is -0.306. The average Bonchev–Trinajstić information content (AvgIpc) is 3.25. The lowest BCUT2D eigenvalue weighted by atomic mass is 9.98. The first kappa shape index (κ1) is 21.5. The summed E-state index contributed by atoms with van der Waals surface area (Å²) < 4.78 is 19.1. The molecule has 2 heterocycles. The van der Waals surface area contributed by atoms with Gasteiger partial charge in [0.25, 0.3) is 5.91 Å². The molecule has 4 rings (SSSR count). The first-order valence-corrected chi connectivity index (χ1v) is 10.8. The average molecular weight is 425 g/mol. The van der Waals surface area contributed by atoms with E-state index in [1.165, 1.54) is 12.1 Å². The summed E-state index contributed by atoms with van der Waals surface area (Å²) in [6, 6.07) is 13.9. The smallest absolute Gasteiger partial charge is 0.257 e. The quantitative estimate of drug-likeness (QED) is 0.715. The first-order chi connectivity index (χ1) is 15.1. The van der Waals surface area contributed by atoms with Crippen LogP contribution in [0.25, 0.3) is 0 Å². The fourth-order valence-corrected chi connectivity index (χ4v) is 4.20. The Balaban J connectivity index is 1.55. The van der Waals surface area contributed by atoms with Crippen LogP contribution in [0.3, 0.4) is 0 Å². The minimum absolute atomic E-state index is 0.0304. The number of benzene rings is 2. The van der Waals surface area contributed by atoms with E-state index in [1.54, 1.807) is 18.2 Å². The number of nitrogens with zero attached hydrogens (tertiary/aromatic N) is 4. The minimum Gasteiger partial charge on any atom is -0.497 e. The van der Waals surface area contributed by atoms with E-state index in [1.807, 2.05) is 30.3 Å². The SMILES string of the molecule is CCN1CCN(CC(=O)N2N=C(c3cccc(F)c3)C[C@@H]2c2ccc(OC)cc2)CC1. The molecule has 0 saturated carbocycles. The molecule has 1 amide bonds. The second-order valence-corrected chi connectivity index (χ2v) is 8.00. The standard InChI is InChI=1S/C24H29FN4O2/c1-3-27-11-13-28(14-12-27)17-24(30)29-23(18-7-9-21(31-2)10-8-18)16-22(26-29)19-5-4-6-20(25)15-19/h4-10,15,23H,3,11-14,16-17H2,1-2H3/t23-/m1/s1. The van der Waals surface area contributed by atoms with Gasteiger partial charge in [-0.1, -0.05) is 31.2 Å². The van der Waals surface area contributed by atoms with Crippen molar-refractivity contribution in [3.63, 3.8) is 0 Å². The van der Waals surface area contributed by atoms with Crippen molar-refractivity contribution in [1.82, 2.24) is 14.8 Å². The van der Waals surface area contributed by atoms with Crippen LogP contribution in [0, 0.1) is 5.82 Å². The number of carbonyl (C=O) groups is 1. The zero-order chi connectivity index (χ0) is 21.8. The molecule has 2 aromatic carbocycles. The molecule has 2 aliphatic rings. The Morgan fingerprint density at radius 2 is 1.81 bits per heavy atom. The van der Waals surface area contributed by atoms with E-state index >= 15 is 0 Å². The second-order valence-electron chi connectivity index (χ2n) is 8.00. The molecular weight excluding hydrogens is 395 g/mol. The van der Waals surface area contributed by atoms with Gasteiger partial charge in [-0.3, -0.25) is 9.69 Å². The van der Waals surface area contributed by atoms with Crippen LogP contribution >= 0.6 is 0 Å².